The summed E-state index contributed by atoms with van der Waals surface area (Å²) in [6.45, 7) is 8.66. The Morgan fingerprint density at radius 3 is 1.68 bits per heavy atom. The first-order valence-corrected chi connectivity index (χ1v) is 26.2. The third kappa shape index (κ3) is 13.7. The molecule has 0 aliphatic heterocycles. The predicted octanol–water partition coefficient (Wildman–Crippen LogP) is 6.82. The zero-order chi connectivity index (χ0) is 53.4. The minimum absolute atomic E-state index is 0.0852. The van der Waals surface area contributed by atoms with Gasteiger partial charge >= 0.3 is 12.2 Å². The number of alkyl carbamates (subject to hydrolysis) is 2. The molecule has 392 valence electrons. The molecule has 0 saturated carbocycles. The Labute approximate surface area is 430 Å². The van der Waals surface area contributed by atoms with Crippen LogP contribution in [-0.2, 0) is 49.2 Å². The third-order valence-electron chi connectivity index (χ3n) is 11.0. The number of aromatic nitrogens is 6. The highest BCUT2D eigenvalue weighted by Gasteiger charge is 2.39. The van der Waals surface area contributed by atoms with Crippen LogP contribution in [0.3, 0.4) is 0 Å². The summed E-state index contributed by atoms with van der Waals surface area (Å²) in [5.74, 6) is 1.45. The van der Waals surface area contributed by atoms with E-state index in [9.17, 15) is 9.59 Å². The van der Waals surface area contributed by atoms with E-state index in [1.807, 2.05) is 12.1 Å². The Balaban J connectivity index is 1.47. The van der Waals surface area contributed by atoms with Gasteiger partial charge in [0, 0.05) is 50.3 Å². The number of tetrazole rings is 1. The van der Waals surface area contributed by atoms with E-state index in [1.165, 1.54) is 31.1 Å². The van der Waals surface area contributed by atoms with Crippen LogP contribution >= 0.6 is 0 Å². The summed E-state index contributed by atoms with van der Waals surface area (Å²) < 4.78 is 95.9. The minimum atomic E-state index is -5.06. The number of rotatable bonds is 20. The second kappa shape index (κ2) is 22.7. The van der Waals surface area contributed by atoms with E-state index in [4.69, 9.17) is 28.8 Å². The van der Waals surface area contributed by atoms with Crippen molar-refractivity contribution in [1.82, 2.24) is 49.3 Å². The number of ether oxygens (including phenoxy) is 5. The average molecular weight is 1050 g/mol. The lowest BCUT2D eigenvalue weighted by Crippen LogP contribution is -2.51. The molecule has 3 N–H and O–H groups in total. The molecular weight excluding hydrogens is 993 g/mol. The van der Waals surface area contributed by atoms with Crippen molar-refractivity contribution in [2.24, 2.45) is 0 Å². The lowest BCUT2D eigenvalue weighted by Gasteiger charge is -2.27. The molecule has 4 aromatic carbocycles. The van der Waals surface area contributed by atoms with Gasteiger partial charge in [0.1, 0.15) is 43.9 Å². The van der Waals surface area contributed by atoms with Crippen LogP contribution < -0.4 is 29.6 Å². The van der Waals surface area contributed by atoms with Crippen LogP contribution in [0.1, 0.15) is 58.2 Å². The van der Waals surface area contributed by atoms with Crippen LogP contribution in [0.25, 0.3) is 28.2 Å². The number of amides is 2. The number of sulfonamides is 2. The van der Waals surface area contributed by atoms with Gasteiger partial charge < -0.3 is 38.7 Å². The minimum Gasteiger partial charge on any atom is -0.497 e. The lowest BCUT2D eigenvalue weighted by atomic mass is 10.00. The molecule has 0 atom stereocenters. The van der Waals surface area contributed by atoms with Crippen molar-refractivity contribution in [3.8, 4) is 39.8 Å². The van der Waals surface area contributed by atoms with Gasteiger partial charge in [0.2, 0.25) is 25.9 Å². The number of benzene rings is 4. The Bertz CT molecular complexity index is 3220. The number of methoxy groups -OCH3 is 3. The van der Waals surface area contributed by atoms with Gasteiger partial charge in [0.05, 0.1) is 39.5 Å². The number of fused-ring (bicyclic) bond motifs is 1. The van der Waals surface area contributed by atoms with E-state index in [0.29, 0.717) is 39.6 Å². The van der Waals surface area contributed by atoms with Gasteiger partial charge in [-0.2, -0.15) is 9.10 Å². The summed E-state index contributed by atoms with van der Waals surface area (Å²) >= 11 is 0. The second-order valence-corrected chi connectivity index (χ2v) is 22.5. The predicted molar refractivity (Wildman–Crippen MR) is 275 cm³/mol. The fraction of sp³-hybridized carbons (Fsp3) is 0.333. The van der Waals surface area contributed by atoms with Gasteiger partial charge in [-0.3, -0.25) is 0 Å². The highest BCUT2D eigenvalue weighted by atomic mass is 32.2. The van der Waals surface area contributed by atoms with Crippen molar-refractivity contribution < 1.29 is 50.1 Å². The highest BCUT2D eigenvalue weighted by Crippen LogP contribution is 2.42. The SMILES string of the molecule is COc1ccc(CN(Cc2ccc(OC)cc2)S(=O)(=O)c2c(S(=O)(=O)NC(CNC(=O)OC(C)(C)C)CNC(=O)OC(C)(C)C)ccc(-c3cccn4ccnc34)c2-c2nnn(Cc3ccc(OC)cc3)n2)cc1. The summed E-state index contributed by atoms with van der Waals surface area (Å²) in [5, 5.41) is 18.6. The molecule has 3 aromatic heterocycles. The second-order valence-electron chi connectivity index (χ2n) is 18.9. The molecule has 0 spiro atoms. The largest absolute Gasteiger partial charge is 0.497 e. The number of nitrogens with one attached hydrogen (secondary N) is 3. The molecule has 7 rings (SSSR count). The van der Waals surface area contributed by atoms with E-state index in [1.54, 1.807) is 144 Å². The third-order valence-corrected chi connectivity index (χ3v) is 14.6. The van der Waals surface area contributed by atoms with Crippen LogP contribution in [0.15, 0.2) is 125 Å². The first-order chi connectivity index (χ1) is 35.0. The summed E-state index contributed by atoms with van der Waals surface area (Å²) in [5.41, 5.74) is 0.805. The molecule has 0 radical (unpaired) electrons. The quantitative estimate of drug-likeness (QED) is 0.0709. The molecule has 2 amide bonds. The summed E-state index contributed by atoms with van der Waals surface area (Å²) in [7, 11) is -5.53. The lowest BCUT2D eigenvalue weighted by molar-refractivity contribution is 0.0517. The zero-order valence-corrected chi connectivity index (χ0v) is 44.2. The summed E-state index contributed by atoms with van der Waals surface area (Å²) in [6, 6.07) is 25.5. The maximum absolute atomic E-state index is 16.3. The van der Waals surface area contributed by atoms with E-state index in [2.05, 4.69) is 30.7 Å². The van der Waals surface area contributed by atoms with E-state index in [-0.39, 0.29) is 36.6 Å². The molecule has 23 heteroatoms. The molecule has 7 aromatic rings. The van der Waals surface area contributed by atoms with Gasteiger partial charge in [0.25, 0.3) is 0 Å². The molecule has 21 nitrogen and oxygen atoms in total. The number of nitrogens with zero attached hydrogens (tertiary/aromatic N) is 7. The van der Waals surface area contributed by atoms with Crippen molar-refractivity contribution in [1.29, 1.82) is 0 Å². The van der Waals surface area contributed by atoms with E-state index < -0.39 is 72.4 Å². The average Bonchev–Trinajstić information content (AvgIpc) is 4.04. The van der Waals surface area contributed by atoms with Gasteiger partial charge in [-0.05, 0) is 124 Å². The van der Waals surface area contributed by atoms with Gasteiger partial charge in [-0.15, -0.1) is 10.2 Å². The van der Waals surface area contributed by atoms with Gasteiger partial charge in [-0.1, -0.05) is 42.5 Å². The first kappa shape index (κ1) is 54.2. The maximum Gasteiger partial charge on any atom is 0.407 e. The fourth-order valence-electron chi connectivity index (χ4n) is 7.64. The van der Waals surface area contributed by atoms with Crippen LogP contribution in [0.4, 0.5) is 9.59 Å². The van der Waals surface area contributed by atoms with Crippen LogP contribution in [0.5, 0.6) is 17.2 Å². The Morgan fingerprint density at radius 2 is 1.18 bits per heavy atom. The topological polar surface area (TPSA) is 249 Å². The monoisotopic (exact) mass is 1050 g/mol. The van der Waals surface area contributed by atoms with Crippen LogP contribution in [0.2, 0.25) is 0 Å². The molecule has 3 heterocycles. The molecule has 0 aliphatic rings. The summed E-state index contributed by atoms with van der Waals surface area (Å²) in [4.78, 5) is 30.4. The molecule has 0 bridgehead atoms. The Kier molecular flexibility index (Phi) is 16.6. The first-order valence-electron chi connectivity index (χ1n) is 23.3. The van der Waals surface area contributed by atoms with Crippen molar-refractivity contribution in [2.45, 2.75) is 88.2 Å². The molecule has 0 saturated heterocycles. The number of hydrogen-bond acceptors (Lipinski definition) is 15. The zero-order valence-electron chi connectivity index (χ0n) is 42.5. The number of imidazole rings is 1. The number of carbonyl (C=O) groups excluding carboxylic acids is 2. The number of carbonyl (C=O) groups is 2. The van der Waals surface area contributed by atoms with E-state index >= 15 is 16.8 Å². The Morgan fingerprint density at radius 1 is 0.662 bits per heavy atom. The van der Waals surface area contributed by atoms with Gasteiger partial charge in [-0.25, -0.2) is 36.1 Å². The van der Waals surface area contributed by atoms with Crippen molar-refractivity contribution in [3.05, 3.63) is 132 Å². The van der Waals surface area contributed by atoms with Gasteiger partial charge in [0.15, 0.2) is 0 Å². The fourth-order valence-corrected chi connectivity index (χ4v) is 11.3. The van der Waals surface area contributed by atoms with Crippen LogP contribution in [-0.4, -0.2) is 115 Å². The van der Waals surface area contributed by atoms with Crippen molar-refractivity contribution in [3.63, 3.8) is 0 Å². The van der Waals surface area contributed by atoms with Crippen molar-refractivity contribution in [2.75, 3.05) is 34.4 Å². The molecule has 74 heavy (non-hydrogen) atoms. The number of pyridine rings is 1. The smallest absolute Gasteiger partial charge is 0.407 e. The normalized spacial score (nSPS) is 12.2. The number of hydrogen-bond donors (Lipinski definition) is 3. The molecular formula is C51H60N10O11S2. The van der Waals surface area contributed by atoms with Crippen molar-refractivity contribution >= 4 is 37.9 Å². The standard InChI is InChI=1S/C51H60N10O11S2/c1-50(2,3)71-48(62)53-29-37(30-54-49(63)72-51(4,5)6)57-73(64,65)43-25-24-41(42-11-10-27-59-28-26-52-47(42)59)44(46-55-58-61(56-46)33-36-16-22-40(70-9)23-17-36)45(43)74(66,67)60(31-34-12-18-38(68-7)19-13-34)32-35-14-20-39(69-8)21-15-35/h10-28,37,57H,29-33H2,1-9H3,(H,53,62)(H,54,63). The Hall–Kier alpha value is -7.60. The maximum atomic E-state index is 16.3. The molecule has 0 unspecified atom stereocenters. The highest BCUT2D eigenvalue weighted by molar-refractivity contribution is 7.92. The molecule has 0 fully saturated rings. The van der Waals surface area contributed by atoms with E-state index in [0.717, 1.165) is 9.87 Å². The van der Waals surface area contributed by atoms with Crippen LogP contribution in [0, 0.1) is 0 Å². The summed E-state index contributed by atoms with van der Waals surface area (Å²) in [6.07, 6.45) is 3.30. The molecule has 0 aliphatic carbocycles.